The smallest absolute Gasteiger partial charge is 0.308 e. The Morgan fingerprint density at radius 2 is 2.00 bits per heavy atom. The van der Waals surface area contributed by atoms with Gasteiger partial charge in [-0.3, -0.25) is 4.79 Å². The van der Waals surface area contributed by atoms with Gasteiger partial charge in [0.15, 0.2) is 0 Å². The Morgan fingerprint density at radius 3 is 2.42 bits per heavy atom. The summed E-state index contributed by atoms with van der Waals surface area (Å²) in [4.78, 5) is 10.3. The van der Waals surface area contributed by atoms with Gasteiger partial charge in [0.05, 0.1) is 12.5 Å². The molecule has 0 saturated heterocycles. The normalized spacial score (nSPS) is 13.3. The molecule has 12 heavy (non-hydrogen) atoms. The Labute approximate surface area is 73.7 Å². The molecule has 0 aliphatic heterocycles. The first-order valence-corrected chi connectivity index (χ1v) is 4.34. The summed E-state index contributed by atoms with van der Waals surface area (Å²) in [6.07, 6.45) is 0.992. The minimum Gasteiger partial charge on any atom is -0.481 e. The zero-order valence-corrected chi connectivity index (χ0v) is 8.04. The number of ether oxygens (including phenoxy) is 1. The van der Waals surface area contributed by atoms with Gasteiger partial charge >= 0.3 is 5.97 Å². The number of rotatable bonds is 6. The van der Waals surface area contributed by atoms with Crippen LogP contribution < -0.4 is 0 Å². The largest absolute Gasteiger partial charge is 0.481 e. The Hall–Kier alpha value is -0.570. The highest BCUT2D eigenvalue weighted by molar-refractivity contribution is 5.69. The molecule has 0 aliphatic rings. The van der Waals surface area contributed by atoms with Crippen LogP contribution in [0.25, 0.3) is 0 Å². The molecule has 0 saturated carbocycles. The van der Waals surface area contributed by atoms with Crippen LogP contribution >= 0.6 is 0 Å². The molecule has 0 fully saturated rings. The second-order valence-electron chi connectivity index (χ2n) is 3.50. The van der Waals surface area contributed by atoms with Crippen molar-refractivity contribution in [2.75, 3.05) is 13.2 Å². The van der Waals surface area contributed by atoms with Crippen molar-refractivity contribution in [1.29, 1.82) is 0 Å². The summed E-state index contributed by atoms with van der Waals surface area (Å²) < 4.78 is 5.19. The van der Waals surface area contributed by atoms with Gasteiger partial charge in [-0.1, -0.05) is 13.8 Å². The molecule has 72 valence electrons. The van der Waals surface area contributed by atoms with Crippen LogP contribution in [-0.4, -0.2) is 24.3 Å². The third-order valence-electron chi connectivity index (χ3n) is 1.63. The van der Waals surface area contributed by atoms with Crippen LogP contribution in [0.4, 0.5) is 0 Å². The van der Waals surface area contributed by atoms with Gasteiger partial charge in [0.2, 0.25) is 0 Å². The maximum atomic E-state index is 10.3. The molecule has 0 rings (SSSR count). The maximum Gasteiger partial charge on any atom is 0.308 e. The second-order valence-corrected chi connectivity index (χ2v) is 3.50. The van der Waals surface area contributed by atoms with Crippen molar-refractivity contribution in [2.45, 2.75) is 27.2 Å². The van der Waals surface area contributed by atoms with E-state index in [2.05, 4.69) is 13.8 Å². The molecule has 3 heteroatoms. The lowest BCUT2D eigenvalue weighted by molar-refractivity contribution is -0.143. The first-order valence-electron chi connectivity index (χ1n) is 4.34. The van der Waals surface area contributed by atoms with Crippen LogP contribution in [0.3, 0.4) is 0 Å². The second kappa shape index (κ2) is 6.00. The molecule has 0 aromatic carbocycles. The monoisotopic (exact) mass is 174 g/mol. The number of hydrogen-bond donors (Lipinski definition) is 1. The van der Waals surface area contributed by atoms with E-state index < -0.39 is 11.9 Å². The highest BCUT2D eigenvalue weighted by atomic mass is 16.5. The SMILES string of the molecule is CC(C)CCOC[C@@H](C)C(=O)O. The third-order valence-corrected chi connectivity index (χ3v) is 1.63. The molecule has 1 N–H and O–H groups in total. The van der Waals surface area contributed by atoms with Crippen molar-refractivity contribution >= 4 is 5.97 Å². The fraction of sp³-hybridized carbons (Fsp3) is 0.889. The predicted octanol–water partition coefficient (Wildman–Crippen LogP) is 1.77. The van der Waals surface area contributed by atoms with Gasteiger partial charge in [-0.05, 0) is 19.3 Å². The van der Waals surface area contributed by atoms with Crippen molar-refractivity contribution < 1.29 is 14.6 Å². The third kappa shape index (κ3) is 6.16. The zero-order chi connectivity index (χ0) is 9.56. The van der Waals surface area contributed by atoms with Gasteiger partial charge in [0.1, 0.15) is 0 Å². The zero-order valence-electron chi connectivity index (χ0n) is 8.04. The molecular formula is C9H18O3. The standard InChI is InChI=1S/C9H18O3/c1-7(2)4-5-12-6-8(3)9(10)11/h7-8H,4-6H2,1-3H3,(H,10,11)/t8-/m1/s1. The van der Waals surface area contributed by atoms with E-state index in [-0.39, 0.29) is 0 Å². The van der Waals surface area contributed by atoms with E-state index in [0.717, 1.165) is 6.42 Å². The van der Waals surface area contributed by atoms with E-state index >= 15 is 0 Å². The van der Waals surface area contributed by atoms with Crippen LogP contribution in [0.2, 0.25) is 0 Å². The van der Waals surface area contributed by atoms with Crippen LogP contribution in [0, 0.1) is 11.8 Å². The van der Waals surface area contributed by atoms with Gasteiger partial charge < -0.3 is 9.84 Å². The summed E-state index contributed by atoms with van der Waals surface area (Å²) in [7, 11) is 0. The summed E-state index contributed by atoms with van der Waals surface area (Å²) >= 11 is 0. The average molecular weight is 174 g/mol. The van der Waals surface area contributed by atoms with Crippen LogP contribution in [0.5, 0.6) is 0 Å². The number of carboxylic acids is 1. The van der Waals surface area contributed by atoms with Crippen molar-refractivity contribution in [3.8, 4) is 0 Å². The van der Waals surface area contributed by atoms with Gasteiger partial charge in [0.25, 0.3) is 0 Å². The molecule has 1 atom stereocenters. The van der Waals surface area contributed by atoms with Gasteiger partial charge in [-0.2, -0.15) is 0 Å². The summed E-state index contributed by atoms with van der Waals surface area (Å²) in [5.74, 6) is -0.568. The van der Waals surface area contributed by atoms with Gasteiger partial charge in [0, 0.05) is 6.61 Å². The molecule has 0 bridgehead atoms. The highest BCUT2D eigenvalue weighted by Crippen LogP contribution is 2.01. The summed E-state index contributed by atoms with van der Waals surface area (Å²) in [6.45, 7) is 6.86. The molecule has 0 amide bonds. The lowest BCUT2D eigenvalue weighted by atomic mass is 10.1. The molecule has 0 aromatic rings. The summed E-state index contributed by atoms with van der Waals surface area (Å²) in [6, 6.07) is 0. The lowest BCUT2D eigenvalue weighted by Crippen LogP contribution is -2.16. The fourth-order valence-corrected chi connectivity index (χ4v) is 0.650. The van der Waals surface area contributed by atoms with Gasteiger partial charge in [-0.25, -0.2) is 0 Å². The van der Waals surface area contributed by atoms with Crippen molar-refractivity contribution in [3.63, 3.8) is 0 Å². The first-order chi connectivity index (χ1) is 5.54. The molecule has 0 spiro atoms. The predicted molar refractivity (Wildman–Crippen MR) is 47.1 cm³/mol. The van der Waals surface area contributed by atoms with Crippen LogP contribution in [0.15, 0.2) is 0 Å². The Balaban J connectivity index is 3.25. The minimum absolute atomic E-state index is 0.321. The quantitative estimate of drug-likeness (QED) is 0.624. The lowest BCUT2D eigenvalue weighted by Gasteiger charge is -2.08. The first kappa shape index (κ1) is 11.4. The van der Waals surface area contributed by atoms with E-state index in [1.54, 1.807) is 6.92 Å². The van der Waals surface area contributed by atoms with E-state index in [0.29, 0.717) is 19.1 Å². The highest BCUT2D eigenvalue weighted by Gasteiger charge is 2.09. The van der Waals surface area contributed by atoms with E-state index in [9.17, 15) is 4.79 Å². The topological polar surface area (TPSA) is 46.5 Å². The van der Waals surface area contributed by atoms with Crippen LogP contribution in [-0.2, 0) is 9.53 Å². The molecule has 0 aliphatic carbocycles. The molecule has 0 aromatic heterocycles. The van der Waals surface area contributed by atoms with Crippen LogP contribution in [0.1, 0.15) is 27.2 Å². The summed E-state index contributed by atoms with van der Waals surface area (Å²) in [5, 5.41) is 8.51. The number of aliphatic carboxylic acids is 1. The van der Waals surface area contributed by atoms with E-state index in [1.165, 1.54) is 0 Å². The van der Waals surface area contributed by atoms with E-state index in [1.807, 2.05) is 0 Å². The number of carbonyl (C=O) groups is 1. The van der Waals surface area contributed by atoms with E-state index in [4.69, 9.17) is 9.84 Å². The number of hydrogen-bond acceptors (Lipinski definition) is 2. The maximum absolute atomic E-state index is 10.3. The molecule has 0 unspecified atom stereocenters. The average Bonchev–Trinajstić information content (AvgIpc) is 1.97. The molecular weight excluding hydrogens is 156 g/mol. The Kier molecular flexibility index (Phi) is 5.72. The molecule has 3 nitrogen and oxygen atoms in total. The Morgan fingerprint density at radius 1 is 1.42 bits per heavy atom. The van der Waals surface area contributed by atoms with Crippen molar-refractivity contribution in [2.24, 2.45) is 11.8 Å². The van der Waals surface area contributed by atoms with Crippen molar-refractivity contribution in [1.82, 2.24) is 0 Å². The number of carboxylic acid groups (broad SMARTS) is 1. The minimum atomic E-state index is -0.792. The Bertz CT molecular complexity index is 132. The molecule has 0 heterocycles. The van der Waals surface area contributed by atoms with Gasteiger partial charge in [-0.15, -0.1) is 0 Å². The summed E-state index contributed by atoms with van der Waals surface area (Å²) in [5.41, 5.74) is 0. The molecule has 0 radical (unpaired) electrons. The fourth-order valence-electron chi connectivity index (χ4n) is 0.650. The van der Waals surface area contributed by atoms with Crippen molar-refractivity contribution in [3.05, 3.63) is 0 Å².